The molecule has 0 N–H and O–H groups in total. The van der Waals surface area contributed by atoms with Crippen LogP contribution in [0.25, 0.3) is 0 Å². The van der Waals surface area contributed by atoms with Gasteiger partial charge in [-0.15, -0.1) is 22.9 Å². The van der Waals surface area contributed by atoms with Crippen molar-refractivity contribution in [2.45, 2.75) is 6.42 Å². The van der Waals surface area contributed by atoms with Crippen molar-refractivity contribution in [3.05, 3.63) is 22.4 Å². The molecule has 0 unspecified atom stereocenters. The highest BCUT2D eigenvalue weighted by Crippen LogP contribution is 2.09. The van der Waals surface area contributed by atoms with Gasteiger partial charge in [0.05, 0.1) is 13.2 Å². The van der Waals surface area contributed by atoms with Gasteiger partial charge >= 0.3 is 0 Å². The summed E-state index contributed by atoms with van der Waals surface area (Å²) in [6.07, 6.45) is 1.13. The van der Waals surface area contributed by atoms with Crippen molar-refractivity contribution in [1.29, 1.82) is 0 Å². The molecule has 0 saturated heterocycles. The van der Waals surface area contributed by atoms with Crippen molar-refractivity contribution < 1.29 is 4.74 Å². The van der Waals surface area contributed by atoms with Gasteiger partial charge in [0, 0.05) is 23.8 Å². The van der Waals surface area contributed by atoms with E-state index >= 15 is 0 Å². The van der Waals surface area contributed by atoms with Gasteiger partial charge < -0.3 is 9.64 Å². The fourth-order valence-electron chi connectivity index (χ4n) is 1.24. The first-order chi connectivity index (χ1) is 7.33. The van der Waals surface area contributed by atoms with Crippen LogP contribution in [0.5, 0.6) is 0 Å². The SMILES string of the molecule is CN(CCOCCCl)CCc1cccs1. The summed E-state index contributed by atoms with van der Waals surface area (Å²) in [5.41, 5.74) is 0. The molecule has 0 aliphatic carbocycles. The Labute approximate surface area is 101 Å². The van der Waals surface area contributed by atoms with Gasteiger partial charge in [-0.05, 0) is 24.9 Å². The van der Waals surface area contributed by atoms with E-state index in [1.807, 2.05) is 11.3 Å². The maximum atomic E-state index is 5.51. The summed E-state index contributed by atoms with van der Waals surface area (Å²) in [6.45, 7) is 3.49. The molecule has 0 aromatic carbocycles. The zero-order valence-electron chi connectivity index (χ0n) is 9.12. The van der Waals surface area contributed by atoms with E-state index in [0.717, 1.165) is 26.1 Å². The molecule has 0 saturated carbocycles. The minimum absolute atomic E-state index is 0.582. The molecule has 0 aliphatic heterocycles. The van der Waals surface area contributed by atoms with Gasteiger partial charge in [-0.3, -0.25) is 0 Å². The number of ether oxygens (including phenoxy) is 1. The smallest absolute Gasteiger partial charge is 0.0602 e. The van der Waals surface area contributed by atoms with Crippen molar-refractivity contribution in [3.8, 4) is 0 Å². The Morgan fingerprint density at radius 1 is 1.40 bits per heavy atom. The standard InChI is InChI=1S/C11H18ClNOS/c1-13(7-9-14-8-5-12)6-4-11-3-2-10-15-11/h2-3,10H,4-9H2,1H3. The minimum Gasteiger partial charge on any atom is -0.379 e. The normalized spacial score (nSPS) is 11.1. The van der Waals surface area contributed by atoms with Crippen LogP contribution in [0.4, 0.5) is 0 Å². The molecule has 15 heavy (non-hydrogen) atoms. The molecule has 4 heteroatoms. The van der Waals surface area contributed by atoms with Gasteiger partial charge in [-0.2, -0.15) is 0 Å². The van der Waals surface area contributed by atoms with Crippen LogP contribution in [-0.4, -0.2) is 44.1 Å². The van der Waals surface area contributed by atoms with Crippen LogP contribution < -0.4 is 0 Å². The number of nitrogens with zero attached hydrogens (tertiary/aromatic N) is 1. The van der Waals surface area contributed by atoms with Crippen molar-refractivity contribution in [1.82, 2.24) is 4.90 Å². The third kappa shape index (κ3) is 6.15. The third-order valence-corrected chi connectivity index (χ3v) is 3.25. The first-order valence-corrected chi connectivity index (χ1v) is 6.59. The lowest BCUT2D eigenvalue weighted by atomic mass is 10.3. The van der Waals surface area contributed by atoms with Crippen molar-refractivity contribution in [2.75, 3.05) is 39.2 Å². The number of alkyl halides is 1. The first kappa shape index (κ1) is 13.0. The summed E-state index contributed by atoms with van der Waals surface area (Å²) < 4.78 is 5.32. The van der Waals surface area contributed by atoms with E-state index < -0.39 is 0 Å². The highest BCUT2D eigenvalue weighted by Gasteiger charge is 1.99. The van der Waals surface area contributed by atoms with E-state index in [4.69, 9.17) is 16.3 Å². The second kappa shape index (κ2) is 8.11. The van der Waals surface area contributed by atoms with Crippen LogP contribution in [0.3, 0.4) is 0 Å². The second-order valence-corrected chi connectivity index (χ2v) is 4.84. The van der Waals surface area contributed by atoms with Gasteiger partial charge in [0.1, 0.15) is 0 Å². The predicted molar refractivity (Wildman–Crippen MR) is 67.1 cm³/mol. The molecular weight excluding hydrogens is 230 g/mol. The van der Waals surface area contributed by atoms with Gasteiger partial charge in [0.15, 0.2) is 0 Å². The summed E-state index contributed by atoms with van der Waals surface area (Å²) in [4.78, 5) is 3.73. The van der Waals surface area contributed by atoms with E-state index in [-0.39, 0.29) is 0 Å². The Morgan fingerprint density at radius 2 is 2.27 bits per heavy atom. The molecule has 0 radical (unpaired) electrons. The Kier molecular flexibility index (Phi) is 7.01. The van der Waals surface area contributed by atoms with Crippen LogP contribution in [0.15, 0.2) is 17.5 Å². The lowest BCUT2D eigenvalue weighted by Crippen LogP contribution is -2.25. The second-order valence-electron chi connectivity index (χ2n) is 3.43. The highest BCUT2D eigenvalue weighted by molar-refractivity contribution is 7.09. The largest absolute Gasteiger partial charge is 0.379 e. The Morgan fingerprint density at radius 3 is 2.93 bits per heavy atom. The first-order valence-electron chi connectivity index (χ1n) is 5.17. The number of rotatable bonds is 8. The van der Waals surface area contributed by atoms with Gasteiger partial charge in [-0.25, -0.2) is 0 Å². The number of thiophene rings is 1. The number of halogens is 1. The topological polar surface area (TPSA) is 12.5 Å². The van der Waals surface area contributed by atoms with E-state index in [1.165, 1.54) is 4.88 Å². The quantitative estimate of drug-likeness (QED) is 0.517. The Hall–Kier alpha value is -0.0900. The molecule has 0 spiro atoms. The van der Waals surface area contributed by atoms with E-state index in [0.29, 0.717) is 12.5 Å². The molecule has 86 valence electrons. The van der Waals surface area contributed by atoms with Crippen molar-refractivity contribution in [2.24, 2.45) is 0 Å². The van der Waals surface area contributed by atoms with Crippen LogP contribution in [-0.2, 0) is 11.2 Å². The molecule has 0 bridgehead atoms. The predicted octanol–water partition coefficient (Wildman–Crippen LogP) is 2.48. The fraction of sp³-hybridized carbons (Fsp3) is 0.636. The highest BCUT2D eigenvalue weighted by atomic mass is 35.5. The van der Waals surface area contributed by atoms with E-state index in [9.17, 15) is 0 Å². The summed E-state index contributed by atoms with van der Waals surface area (Å²) in [6, 6.07) is 4.28. The molecule has 0 amide bonds. The molecule has 2 nitrogen and oxygen atoms in total. The van der Waals surface area contributed by atoms with Crippen molar-refractivity contribution >= 4 is 22.9 Å². The van der Waals surface area contributed by atoms with Gasteiger partial charge in [-0.1, -0.05) is 6.07 Å². The summed E-state index contributed by atoms with van der Waals surface area (Å²) >= 11 is 7.33. The molecule has 1 heterocycles. The van der Waals surface area contributed by atoms with Gasteiger partial charge in [0.2, 0.25) is 0 Å². The minimum atomic E-state index is 0.582. The Balaban J connectivity index is 2.01. The molecule has 1 rings (SSSR count). The molecule has 1 aromatic rings. The van der Waals surface area contributed by atoms with Crippen LogP contribution in [0.1, 0.15) is 4.88 Å². The third-order valence-electron chi connectivity index (χ3n) is 2.16. The van der Waals surface area contributed by atoms with Crippen LogP contribution in [0.2, 0.25) is 0 Å². The molecule has 0 fully saturated rings. The fourth-order valence-corrected chi connectivity index (χ4v) is 2.05. The molecular formula is C11H18ClNOS. The van der Waals surface area contributed by atoms with Crippen LogP contribution >= 0.6 is 22.9 Å². The van der Waals surface area contributed by atoms with Crippen molar-refractivity contribution in [3.63, 3.8) is 0 Å². The zero-order valence-corrected chi connectivity index (χ0v) is 10.7. The number of hydrogen-bond acceptors (Lipinski definition) is 3. The number of likely N-dealkylation sites (N-methyl/N-ethyl adjacent to an activating group) is 1. The maximum Gasteiger partial charge on any atom is 0.0602 e. The lowest BCUT2D eigenvalue weighted by Gasteiger charge is -2.15. The maximum absolute atomic E-state index is 5.51. The summed E-state index contributed by atoms with van der Waals surface area (Å²) in [5, 5.41) is 2.12. The zero-order chi connectivity index (χ0) is 10.9. The van der Waals surface area contributed by atoms with E-state index in [1.54, 1.807) is 0 Å². The van der Waals surface area contributed by atoms with E-state index in [2.05, 4.69) is 29.5 Å². The summed E-state index contributed by atoms with van der Waals surface area (Å²) in [7, 11) is 2.12. The van der Waals surface area contributed by atoms with Gasteiger partial charge in [0.25, 0.3) is 0 Å². The number of hydrogen-bond donors (Lipinski definition) is 0. The average molecular weight is 248 g/mol. The summed E-state index contributed by atoms with van der Waals surface area (Å²) in [5.74, 6) is 0.582. The van der Waals surface area contributed by atoms with Crippen LogP contribution in [0, 0.1) is 0 Å². The Bertz CT molecular complexity index is 241. The molecule has 1 aromatic heterocycles. The lowest BCUT2D eigenvalue weighted by molar-refractivity contribution is 0.124. The monoisotopic (exact) mass is 247 g/mol. The molecule has 0 aliphatic rings. The average Bonchev–Trinajstić information content (AvgIpc) is 2.74. The molecule has 0 atom stereocenters.